The molecular formula is C18H20N2O4S. The molecule has 0 unspecified atom stereocenters. The molecule has 1 saturated heterocycles. The molecule has 1 heterocycles. The number of benzene rings is 2. The first kappa shape index (κ1) is 17.3. The molecule has 0 spiro atoms. The minimum absolute atomic E-state index is 0.0916. The zero-order chi connectivity index (χ0) is 17.9. The van der Waals surface area contributed by atoms with Crippen molar-refractivity contribution < 1.29 is 17.9 Å². The van der Waals surface area contributed by atoms with Crippen LogP contribution in [0.1, 0.15) is 12.0 Å². The number of hydrogen-bond acceptors (Lipinski definition) is 4. The van der Waals surface area contributed by atoms with Crippen molar-refractivity contribution in [3.05, 3.63) is 54.1 Å². The highest BCUT2D eigenvalue weighted by Crippen LogP contribution is 2.28. The number of anilines is 2. The van der Waals surface area contributed by atoms with Crippen LogP contribution >= 0.6 is 0 Å². The van der Waals surface area contributed by atoms with Gasteiger partial charge in [-0.3, -0.25) is 9.10 Å². The van der Waals surface area contributed by atoms with E-state index >= 15 is 0 Å². The second-order valence-corrected chi connectivity index (χ2v) is 7.90. The average molecular weight is 360 g/mol. The standard InChI is InChI=1S/C18H20N2O4S/c1-14-12-15(20-10-5-11-25(20,22)23)8-9-17(14)19-18(21)13-24-16-6-3-2-4-7-16/h2-4,6-9,12H,5,10-11,13H2,1H3,(H,19,21). The lowest BCUT2D eigenvalue weighted by Crippen LogP contribution is -2.25. The van der Waals surface area contributed by atoms with Crippen molar-refractivity contribution >= 4 is 27.3 Å². The van der Waals surface area contributed by atoms with Crippen LogP contribution in [0.15, 0.2) is 48.5 Å². The third kappa shape index (κ3) is 4.11. The summed E-state index contributed by atoms with van der Waals surface area (Å²) in [6.07, 6.45) is 0.636. The molecule has 1 fully saturated rings. The third-order valence-corrected chi connectivity index (χ3v) is 5.85. The molecule has 0 atom stereocenters. The highest BCUT2D eigenvalue weighted by molar-refractivity contribution is 7.93. The molecule has 2 aromatic carbocycles. The lowest BCUT2D eigenvalue weighted by atomic mass is 10.1. The van der Waals surface area contributed by atoms with Gasteiger partial charge in [-0.25, -0.2) is 8.42 Å². The molecule has 1 aliphatic rings. The Bertz CT molecular complexity index is 866. The lowest BCUT2D eigenvalue weighted by Gasteiger charge is -2.18. The summed E-state index contributed by atoms with van der Waals surface area (Å²) in [5, 5.41) is 2.79. The highest BCUT2D eigenvalue weighted by atomic mass is 32.2. The average Bonchev–Trinajstić information content (AvgIpc) is 2.95. The van der Waals surface area contributed by atoms with Gasteiger partial charge in [0.2, 0.25) is 10.0 Å². The number of aryl methyl sites for hydroxylation is 1. The molecule has 132 valence electrons. The zero-order valence-corrected chi connectivity index (χ0v) is 14.8. The second-order valence-electron chi connectivity index (χ2n) is 5.89. The second kappa shape index (κ2) is 7.14. The quantitative estimate of drug-likeness (QED) is 0.889. The fraction of sp³-hybridized carbons (Fsp3) is 0.278. The van der Waals surface area contributed by atoms with Crippen molar-refractivity contribution in [2.24, 2.45) is 0 Å². The number of hydrogen-bond donors (Lipinski definition) is 1. The molecule has 1 N–H and O–H groups in total. The smallest absolute Gasteiger partial charge is 0.262 e. The molecule has 1 amide bonds. The van der Waals surface area contributed by atoms with E-state index in [2.05, 4.69) is 5.32 Å². The largest absolute Gasteiger partial charge is 0.484 e. The van der Waals surface area contributed by atoms with Crippen molar-refractivity contribution in [1.82, 2.24) is 0 Å². The number of carbonyl (C=O) groups excluding carboxylic acids is 1. The van der Waals surface area contributed by atoms with E-state index in [0.29, 0.717) is 30.1 Å². The number of rotatable bonds is 5. The maximum Gasteiger partial charge on any atom is 0.262 e. The van der Waals surface area contributed by atoms with Gasteiger partial charge >= 0.3 is 0 Å². The number of sulfonamides is 1. The molecule has 6 nitrogen and oxygen atoms in total. The summed E-state index contributed by atoms with van der Waals surface area (Å²) >= 11 is 0. The van der Waals surface area contributed by atoms with Crippen molar-refractivity contribution in [3.8, 4) is 5.75 Å². The van der Waals surface area contributed by atoms with Crippen molar-refractivity contribution in [2.45, 2.75) is 13.3 Å². The van der Waals surface area contributed by atoms with Gasteiger partial charge in [-0.2, -0.15) is 0 Å². The number of ether oxygens (including phenoxy) is 1. The Morgan fingerprint density at radius 2 is 1.96 bits per heavy atom. The fourth-order valence-corrected chi connectivity index (χ4v) is 4.28. The van der Waals surface area contributed by atoms with E-state index in [1.54, 1.807) is 30.3 Å². The van der Waals surface area contributed by atoms with Crippen LogP contribution in [0.4, 0.5) is 11.4 Å². The summed E-state index contributed by atoms with van der Waals surface area (Å²) < 4.78 is 30.8. The maximum atomic E-state index is 12.0. The molecular weight excluding hydrogens is 340 g/mol. The van der Waals surface area contributed by atoms with E-state index in [0.717, 1.165) is 5.56 Å². The SMILES string of the molecule is Cc1cc(N2CCCS2(=O)=O)ccc1NC(=O)COc1ccccc1. The summed E-state index contributed by atoms with van der Waals surface area (Å²) in [6.45, 7) is 2.24. The first-order valence-electron chi connectivity index (χ1n) is 8.04. The van der Waals surface area contributed by atoms with E-state index in [9.17, 15) is 13.2 Å². The number of para-hydroxylation sites is 1. The molecule has 0 aliphatic carbocycles. The molecule has 0 radical (unpaired) electrons. The molecule has 2 aromatic rings. The van der Waals surface area contributed by atoms with Crippen molar-refractivity contribution in [3.63, 3.8) is 0 Å². The van der Waals surface area contributed by atoms with E-state index in [4.69, 9.17) is 4.74 Å². The normalized spacial score (nSPS) is 15.8. The first-order chi connectivity index (χ1) is 12.0. The predicted octanol–water partition coefficient (Wildman–Crippen LogP) is 2.55. The fourth-order valence-electron chi connectivity index (χ4n) is 2.72. The number of nitrogens with one attached hydrogen (secondary N) is 1. The molecule has 0 bridgehead atoms. The van der Waals surface area contributed by atoms with Gasteiger partial charge < -0.3 is 10.1 Å². The van der Waals surface area contributed by atoms with Gasteiger partial charge in [0.25, 0.3) is 5.91 Å². The lowest BCUT2D eigenvalue weighted by molar-refractivity contribution is -0.118. The predicted molar refractivity (Wildman–Crippen MR) is 97.5 cm³/mol. The van der Waals surface area contributed by atoms with Crippen LogP contribution in [0, 0.1) is 6.92 Å². The van der Waals surface area contributed by atoms with Gasteiger partial charge in [-0.05, 0) is 49.2 Å². The Labute approximate surface area is 147 Å². The van der Waals surface area contributed by atoms with Crippen molar-refractivity contribution in [2.75, 3.05) is 28.5 Å². The molecule has 1 aliphatic heterocycles. The Hall–Kier alpha value is -2.54. The van der Waals surface area contributed by atoms with Crippen LogP contribution in [-0.4, -0.2) is 33.2 Å². The van der Waals surface area contributed by atoms with Crippen LogP contribution in [-0.2, 0) is 14.8 Å². The summed E-state index contributed by atoms with van der Waals surface area (Å²) in [5.41, 5.74) is 2.07. The molecule has 7 heteroatoms. The summed E-state index contributed by atoms with van der Waals surface area (Å²) in [6, 6.07) is 14.3. The summed E-state index contributed by atoms with van der Waals surface area (Å²) in [4.78, 5) is 12.0. The van der Waals surface area contributed by atoms with Gasteiger partial charge in [0, 0.05) is 12.2 Å². The van der Waals surface area contributed by atoms with Gasteiger partial charge in [0.15, 0.2) is 6.61 Å². The topological polar surface area (TPSA) is 75.7 Å². The van der Waals surface area contributed by atoms with Crippen molar-refractivity contribution in [1.29, 1.82) is 0 Å². The van der Waals surface area contributed by atoms with Crippen LogP contribution in [0.3, 0.4) is 0 Å². The molecule has 0 saturated carbocycles. The van der Waals surface area contributed by atoms with E-state index in [-0.39, 0.29) is 18.3 Å². The van der Waals surface area contributed by atoms with Crippen LogP contribution < -0.4 is 14.4 Å². The van der Waals surface area contributed by atoms with Gasteiger partial charge in [0.1, 0.15) is 5.75 Å². The zero-order valence-electron chi connectivity index (χ0n) is 13.9. The first-order valence-corrected chi connectivity index (χ1v) is 9.65. The molecule has 0 aromatic heterocycles. The minimum atomic E-state index is -3.21. The maximum absolute atomic E-state index is 12.0. The van der Waals surface area contributed by atoms with Gasteiger partial charge in [-0.15, -0.1) is 0 Å². The summed E-state index contributed by atoms with van der Waals surface area (Å²) in [5.74, 6) is 0.541. The molecule has 3 rings (SSSR count). The van der Waals surface area contributed by atoms with E-state index < -0.39 is 10.0 Å². The van der Waals surface area contributed by atoms with E-state index in [1.165, 1.54) is 4.31 Å². The Morgan fingerprint density at radius 3 is 2.60 bits per heavy atom. The Morgan fingerprint density at radius 1 is 1.20 bits per heavy atom. The van der Waals surface area contributed by atoms with Gasteiger partial charge in [-0.1, -0.05) is 18.2 Å². The van der Waals surface area contributed by atoms with Gasteiger partial charge in [0.05, 0.1) is 11.4 Å². The highest BCUT2D eigenvalue weighted by Gasteiger charge is 2.28. The van der Waals surface area contributed by atoms with Crippen LogP contribution in [0.2, 0.25) is 0 Å². The summed E-state index contributed by atoms with van der Waals surface area (Å²) in [7, 11) is -3.21. The van der Waals surface area contributed by atoms with Crippen LogP contribution in [0.25, 0.3) is 0 Å². The molecule has 25 heavy (non-hydrogen) atoms. The Kier molecular flexibility index (Phi) is 4.94. The number of carbonyl (C=O) groups is 1. The van der Waals surface area contributed by atoms with Crippen LogP contribution in [0.5, 0.6) is 5.75 Å². The monoisotopic (exact) mass is 360 g/mol. The number of amides is 1. The third-order valence-electron chi connectivity index (χ3n) is 3.98. The van der Waals surface area contributed by atoms with E-state index in [1.807, 2.05) is 25.1 Å². The number of nitrogens with zero attached hydrogens (tertiary/aromatic N) is 1. The minimum Gasteiger partial charge on any atom is -0.484 e. The Balaban J connectivity index is 1.64.